The Balaban J connectivity index is 1.92. The number of hydrogen-bond donors (Lipinski definition) is 1. The molecule has 3 nitrogen and oxygen atoms in total. The summed E-state index contributed by atoms with van der Waals surface area (Å²) in [5.74, 6) is 3.22. The number of benzene rings is 1. The predicted octanol–water partition coefficient (Wildman–Crippen LogP) is 2.86. The molecule has 0 bridgehead atoms. The molecule has 4 unspecified atom stereocenters. The lowest BCUT2D eigenvalue weighted by Gasteiger charge is -2.13. The Bertz CT molecular complexity index is 484. The Morgan fingerprint density at radius 1 is 1.47 bits per heavy atom. The lowest BCUT2D eigenvalue weighted by atomic mass is 10.0. The molecule has 0 saturated heterocycles. The van der Waals surface area contributed by atoms with Gasteiger partial charge in [-0.1, -0.05) is 0 Å². The maximum atomic E-state index is 6.01. The van der Waals surface area contributed by atoms with E-state index in [1.54, 1.807) is 0 Å². The minimum Gasteiger partial charge on any atom is -0.494 e. The second kappa shape index (κ2) is 4.71. The molecule has 1 aliphatic heterocycles. The highest BCUT2D eigenvalue weighted by Gasteiger charge is 2.43. The van der Waals surface area contributed by atoms with Crippen LogP contribution in [0.4, 0.5) is 0 Å². The summed E-state index contributed by atoms with van der Waals surface area (Å²) in [6.07, 6.45) is 2.44. The van der Waals surface area contributed by atoms with Gasteiger partial charge in [0.05, 0.1) is 6.61 Å². The molecule has 1 saturated carbocycles. The van der Waals surface area contributed by atoms with Crippen LogP contribution >= 0.6 is 0 Å². The monoisotopic (exact) mass is 261 g/mol. The zero-order valence-electron chi connectivity index (χ0n) is 12.0. The van der Waals surface area contributed by atoms with Crippen molar-refractivity contribution in [3.8, 4) is 11.5 Å². The van der Waals surface area contributed by atoms with Crippen LogP contribution in [-0.2, 0) is 6.42 Å². The van der Waals surface area contributed by atoms with Crippen molar-refractivity contribution in [2.24, 2.45) is 11.7 Å². The minimum atomic E-state index is 0.257. The number of ether oxygens (including phenoxy) is 2. The molecule has 3 heteroatoms. The van der Waals surface area contributed by atoms with E-state index < -0.39 is 0 Å². The van der Waals surface area contributed by atoms with Crippen LogP contribution in [0.15, 0.2) is 12.1 Å². The largest absolute Gasteiger partial charge is 0.494 e. The van der Waals surface area contributed by atoms with Gasteiger partial charge in [0.15, 0.2) is 0 Å². The molecular formula is C16H23NO2. The molecule has 104 valence electrons. The second-order valence-electron chi connectivity index (χ2n) is 5.93. The quantitative estimate of drug-likeness (QED) is 0.906. The Morgan fingerprint density at radius 3 is 2.89 bits per heavy atom. The molecule has 1 heterocycles. The molecule has 19 heavy (non-hydrogen) atoms. The van der Waals surface area contributed by atoms with E-state index in [9.17, 15) is 0 Å². The number of hydrogen-bond acceptors (Lipinski definition) is 3. The molecule has 0 spiro atoms. The summed E-state index contributed by atoms with van der Waals surface area (Å²) >= 11 is 0. The zero-order chi connectivity index (χ0) is 13.6. The van der Waals surface area contributed by atoms with Gasteiger partial charge in [-0.25, -0.2) is 0 Å². The van der Waals surface area contributed by atoms with E-state index in [-0.39, 0.29) is 12.1 Å². The molecule has 2 N–H and O–H groups in total. The highest BCUT2D eigenvalue weighted by Crippen LogP contribution is 2.53. The number of nitrogens with two attached hydrogens (primary N) is 1. The Hall–Kier alpha value is -1.22. The third-order valence-corrected chi connectivity index (χ3v) is 4.24. The van der Waals surface area contributed by atoms with Gasteiger partial charge in [0.2, 0.25) is 0 Å². The molecule has 2 aliphatic rings. The first-order valence-corrected chi connectivity index (χ1v) is 7.32. The van der Waals surface area contributed by atoms with Crippen molar-refractivity contribution >= 4 is 0 Å². The summed E-state index contributed by atoms with van der Waals surface area (Å²) < 4.78 is 11.7. The normalized spacial score (nSPS) is 29.6. The van der Waals surface area contributed by atoms with Crippen LogP contribution in [0.25, 0.3) is 0 Å². The van der Waals surface area contributed by atoms with Gasteiger partial charge in [0, 0.05) is 23.6 Å². The van der Waals surface area contributed by atoms with E-state index in [1.807, 2.05) is 6.92 Å². The van der Waals surface area contributed by atoms with E-state index in [0.29, 0.717) is 18.4 Å². The Kier molecular flexibility index (Phi) is 3.17. The van der Waals surface area contributed by atoms with E-state index in [4.69, 9.17) is 15.2 Å². The lowest BCUT2D eigenvalue weighted by molar-refractivity contribution is 0.254. The van der Waals surface area contributed by atoms with Crippen LogP contribution in [-0.4, -0.2) is 18.8 Å². The maximum absolute atomic E-state index is 6.01. The van der Waals surface area contributed by atoms with Gasteiger partial charge in [0.1, 0.15) is 17.6 Å². The summed E-state index contributed by atoms with van der Waals surface area (Å²) in [4.78, 5) is 0. The van der Waals surface area contributed by atoms with E-state index in [0.717, 1.165) is 17.9 Å². The van der Waals surface area contributed by atoms with Crippen molar-refractivity contribution in [1.82, 2.24) is 0 Å². The molecular weight excluding hydrogens is 238 g/mol. The molecule has 1 fully saturated rings. The molecule has 3 rings (SSSR count). The summed E-state index contributed by atoms with van der Waals surface area (Å²) in [6, 6.07) is 4.62. The fourth-order valence-corrected chi connectivity index (χ4v) is 3.18. The summed E-state index contributed by atoms with van der Waals surface area (Å²) in [7, 11) is 0. The van der Waals surface area contributed by atoms with Crippen molar-refractivity contribution in [2.45, 2.75) is 51.7 Å². The maximum Gasteiger partial charge on any atom is 0.123 e. The van der Waals surface area contributed by atoms with Crippen molar-refractivity contribution < 1.29 is 9.47 Å². The van der Waals surface area contributed by atoms with Crippen LogP contribution in [0.2, 0.25) is 0 Å². The third kappa shape index (κ3) is 2.32. The van der Waals surface area contributed by atoms with Gasteiger partial charge in [-0.15, -0.1) is 0 Å². The number of fused-ring (bicyclic) bond motifs is 1. The average Bonchev–Trinajstić information content (AvgIpc) is 3.05. The van der Waals surface area contributed by atoms with Gasteiger partial charge < -0.3 is 15.2 Å². The fourth-order valence-electron chi connectivity index (χ4n) is 3.18. The Morgan fingerprint density at radius 2 is 2.26 bits per heavy atom. The zero-order valence-corrected chi connectivity index (χ0v) is 12.0. The summed E-state index contributed by atoms with van der Waals surface area (Å²) in [6.45, 7) is 6.95. The summed E-state index contributed by atoms with van der Waals surface area (Å²) in [5.41, 5.74) is 8.58. The number of rotatable bonds is 4. The first-order chi connectivity index (χ1) is 9.10. The smallest absolute Gasteiger partial charge is 0.123 e. The standard InChI is InChI=1S/C16H23NO2/c1-4-18-16-6-11-5-9(2)19-15(11)8-14(16)13-7-12(13)10(3)17/h6,8-10,12-13H,4-5,7,17H2,1-3H3. The van der Waals surface area contributed by atoms with Crippen molar-refractivity contribution in [3.63, 3.8) is 0 Å². The summed E-state index contributed by atoms with van der Waals surface area (Å²) in [5, 5.41) is 0. The van der Waals surface area contributed by atoms with Crippen molar-refractivity contribution in [3.05, 3.63) is 23.3 Å². The third-order valence-electron chi connectivity index (χ3n) is 4.24. The SMILES string of the molecule is CCOc1cc2c(cc1C1CC1C(C)N)OC(C)C2. The highest BCUT2D eigenvalue weighted by atomic mass is 16.5. The first kappa shape index (κ1) is 12.8. The molecule has 1 aromatic rings. The molecule has 1 aromatic carbocycles. The lowest BCUT2D eigenvalue weighted by Crippen LogP contribution is -2.18. The van der Waals surface area contributed by atoms with Crippen LogP contribution in [0.1, 0.15) is 44.2 Å². The van der Waals surface area contributed by atoms with Crippen LogP contribution in [0.5, 0.6) is 11.5 Å². The molecule has 1 aliphatic carbocycles. The first-order valence-electron chi connectivity index (χ1n) is 7.32. The molecule has 0 amide bonds. The van der Waals surface area contributed by atoms with E-state index >= 15 is 0 Å². The predicted molar refractivity (Wildman–Crippen MR) is 75.9 cm³/mol. The van der Waals surface area contributed by atoms with Gasteiger partial charge >= 0.3 is 0 Å². The highest BCUT2D eigenvalue weighted by molar-refractivity contribution is 5.51. The van der Waals surface area contributed by atoms with Crippen LogP contribution in [0.3, 0.4) is 0 Å². The topological polar surface area (TPSA) is 44.5 Å². The van der Waals surface area contributed by atoms with E-state index in [1.165, 1.54) is 17.5 Å². The Labute approximate surface area is 115 Å². The second-order valence-corrected chi connectivity index (χ2v) is 5.93. The molecule has 0 radical (unpaired) electrons. The van der Waals surface area contributed by atoms with Gasteiger partial charge in [-0.05, 0) is 51.2 Å². The molecule has 0 aromatic heterocycles. The van der Waals surface area contributed by atoms with Gasteiger partial charge in [-0.2, -0.15) is 0 Å². The average molecular weight is 261 g/mol. The van der Waals surface area contributed by atoms with E-state index in [2.05, 4.69) is 26.0 Å². The van der Waals surface area contributed by atoms with Crippen molar-refractivity contribution in [2.75, 3.05) is 6.61 Å². The van der Waals surface area contributed by atoms with Gasteiger partial charge in [-0.3, -0.25) is 0 Å². The van der Waals surface area contributed by atoms with Gasteiger partial charge in [0.25, 0.3) is 0 Å². The minimum absolute atomic E-state index is 0.257. The fraction of sp³-hybridized carbons (Fsp3) is 0.625. The molecule has 4 atom stereocenters. The van der Waals surface area contributed by atoms with Crippen LogP contribution in [0, 0.1) is 5.92 Å². The van der Waals surface area contributed by atoms with Crippen LogP contribution < -0.4 is 15.2 Å². The van der Waals surface area contributed by atoms with Crippen molar-refractivity contribution in [1.29, 1.82) is 0 Å².